The van der Waals surface area contributed by atoms with Crippen LogP contribution in [0, 0.1) is 5.92 Å². The van der Waals surface area contributed by atoms with E-state index in [2.05, 4.69) is 15.4 Å². The van der Waals surface area contributed by atoms with Crippen molar-refractivity contribution in [1.29, 1.82) is 0 Å². The molecule has 1 aromatic carbocycles. The minimum Gasteiger partial charge on any atom is -0.353 e. The average molecular weight is 385 g/mol. The molecule has 4 rings (SSSR count). The van der Waals surface area contributed by atoms with Gasteiger partial charge in [-0.05, 0) is 36.6 Å². The summed E-state index contributed by atoms with van der Waals surface area (Å²) in [6.07, 6.45) is 9.35. The lowest BCUT2D eigenvalue weighted by atomic mass is 9.87. The van der Waals surface area contributed by atoms with Gasteiger partial charge in [-0.15, -0.1) is 5.10 Å². The number of aromatic nitrogens is 3. The number of hydrogen-bond acceptors (Lipinski definition) is 5. The van der Waals surface area contributed by atoms with Crippen molar-refractivity contribution in [3.8, 4) is 0 Å². The molecule has 2 heterocycles. The lowest BCUT2D eigenvalue weighted by Crippen LogP contribution is -2.12. The molecule has 1 aliphatic carbocycles. The summed E-state index contributed by atoms with van der Waals surface area (Å²) in [6, 6.07) is 11.7. The summed E-state index contributed by atoms with van der Waals surface area (Å²) in [5.74, 6) is 1.34. The molecule has 7 heteroatoms. The molecule has 3 aromatic rings. The summed E-state index contributed by atoms with van der Waals surface area (Å²) in [4.78, 5) is 4.92. The van der Waals surface area contributed by atoms with Crippen molar-refractivity contribution in [2.24, 2.45) is 5.92 Å². The van der Waals surface area contributed by atoms with Crippen LogP contribution in [-0.4, -0.2) is 29.6 Å². The smallest absolute Gasteiger partial charge is 0.243 e. The highest BCUT2D eigenvalue weighted by molar-refractivity contribution is 7.91. The number of anilines is 1. The number of sulfone groups is 1. The maximum absolute atomic E-state index is 12.8. The Labute approximate surface area is 159 Å². The first-order valence-corrected chi connectivity index (χ1v) is 11.0. The van der Waals surface area contributed by atoms with Crippen LogP contribution in [0.1, 0.15) is 38.5 Å². The molecule has 142 valence electrons. The number of hydrogen-bond donors (Lipinski definition) is 1. The lowest BCUT2D eigenvalue weighted by molar-refractivity contribution is 0.345. The Hall–Kier alpha value is -2.41. The fraction of sp³-hybridized carbons (Fsp3) is 0.400. The van der Waals surface area contributed by atoms with E-state index in [0.29, 0.717) is 11.6 Å². The van der Waals surface area contributed by atoms with Crippen LogP contribution in [0.4, 0.5) is 5.95 Å². The second-order valence-electron chi connectivity index (χ2n) is 7.14. The van der Waals surface area contributed by atoms with Crippen molar-refractivity contribution >= 4 is 21.4 Å². The molecule has 0 bridgehead atoms. The molecule has 0 atom stereocenters. The van der Waals surface area contributed by atoms with Crippen LogP contribution in [0.2, 0.25) is 0 Å². The van der Waals surface area contributed by atoms with E-state index in [-0.39, 0.29) is 9.79 Å². The third-order valence-corrected chi connectivity index (χ3v) is 6.98. The molecule has 2 aromatic heterocycles. The number of pyridine rings is 1. The van der Waals surface area contributed by atoms with Crippen LogP contribution in [0.5, 0.6) is 0 Å². The first kappa shape index (κ1) is 18.0. The molecule has 1 saturated carbocycles. The van der Waals surface area contributed by atoms with Gasteiger partial charge in [0.1, 0.15) is 0 Å². The molecular weight excluding hydrogens is 360 g/mol. The van der Waals surface area contributed by atoms with E-state index in [4.69, 9.17) is 0 Å². The summed E-state index contributed by atoms with van der Waals surface area (Å²) < 4.78 is 27.0. The predicted molar refractivity (Wildman–Crippen MR) is 105 cm³/mol. The van der Waals surface area contributed by atoms with E-state index in [0.717, 1.165) is 18.9 Å². The zero-order valence-electron chi connectivity index (χ0n) is 15.2. The first-order valence-electron chi connectivity index (χ1n) is 9.53. The van der Waals surface area contributed by atoms with Gasteiger partial charge in [0.2, 0.25) is 15.8 Å². The zero-order valence-corrected chi connectivity index (χ0v) is 16.0. The molecule has 0 aliphatic heterocycles. The van der Waals surface area contributed by atoms with Gasteiger partial charge in [0.15, 0.2) is 5.65 Å². The third-order valence-electron chi connectivity index (χ3n) is 5.23. The third kappa shape index (κ3) is 3.98. The summed E-state index contributed by atoms with van der Waals surface area (Å²) in [5, 5.41) is 7.67. The minimum absolute atomic E-state index is 0.208. The summed E-state index contributed by atoms with van der Waals surface area (Å²) in [6.45, 7) is 0.844. The highest BCUT2D eigenvalue weighted by Crippen LogP contribution is 2.26. The number of nitrogens with one attached hydrogen (secondary N) is 1. The van der Waals surface area contributed by atoms with Gasteiger partial charge in [-0.25, -0.2) is 12.9 Å². The Morgan fingerprint density at radius 3 is 2.56 bits per heavy atom. The number of nitrogens with zero attached hydrogens (tertiary/aromatic N) is 3. The van der Waals surface area contributed by atoms with Crippen molar-refractivity contribution in [3.05, 3.63) is 48.7 Å². The monoisotopic (exact) mass is 384 g/mol. The fourth-order valence-electron chi connectivity index (χ4n) is 3.70. The molecule has 0 unspecified atom stereocenters. The van der Waals surface area contributed by atoms with E-state index in [1.54, 1.807) is 42.5 Å². The number of benzene rings is 1. The molecule has 0 spiro atoms. The first-order chi connectivity index (χ1) is 13.1. The molecule has 0 amide bonds. The maximum Gasteiger partial charge on any atom is 0.243 e. The van der Waals surface area contributed by atoms with Crippen LogP contribution >= 0.6 is 0 Å². The molecule has 1 aliphatic rings. The second kappa shape index (κ2) is 7.68. The van der Waals surface area contributed by atoms with Crippen LogP contribution in [0.15, 0.2) is 58.5 Å². The molecule has 6 nitrogen and oxygen atoms in total. The minimum atomic E-state index is -3.56. The van der Waals surface area contributed by atoms with E-state index in [1.165, 1.54) is 42.8 Å². The van der Waals surface area contributed by atoms with Gasteiger partial charge in [-0.1, -0.05) is 50.3 Å². The Kier molecular flexibility index (Phi) is 5.11. The molecule has 27 heavy (non-hydrogen) atoms. The molecular formula is C20H24N4O2S. The van der Waals surface area contributed by atoms with Crippen molar-refractivity contribution in [2.45, 2.75) is 48.3 Å². The summed E-state index contributed by atoms with van der Waals surface area (Å²) in [7, 11) is -3.56. The summed E-state index contributed by atoms with van der Waals surface area (Å²) in [5.41, 5.74) is 0.627. The number of rotatable bonds is 6. The Bertz CT molecular complexity index is 1010. The van der Waals surface area contributed by atoms with E-state index in [9.17, 15) is 8.42 Å². The van der Waals surface area contributed by atoms with Crippen LogP contribution in [0.3, 0.4) is 0 Å². The van der Waals surface area contributed by atoms with Crippen LogP contribution in [-0.2, 0) is 9.84 Å². The molecule has 1 fully saturated rings. The van der Waals surface area contributed by atoms with Crippen molar-refractivity contribution in [1.82, 2.24) is 14.6 Å². The highest BCUT2D eigenvalue weighted by Gasteiger charge is 2.19. The summed E-state index contributed by atoms with van der Waals surface area (Å²) >= 11 is 0. The molecule has 1 N–H and O–H groups in total. The van der Waals surface area contributed by atoms with E-state index < -0.39 is 9.84 Å². The van der Waals surface area contributed by atoms with Gasteiger partial charge in [0.25, 0.3) is 0 Å². The Balaban J connectivity index is 1.48. The van der Waals surface area contributed by atoms with Gasteiger partial charge >= 0.3 is 0 Å². The largest absolute Gasteiger partial charge is 0.353 e. The van der Waals surface area contributed by atoms with Crippen LogP contribution in [0.25, 0.3) is 5.65 Å². The normalized spacial score (nSPS) is 15.9. The van der Waals surface area contributed by atoms with Crippen molar-refractivity contribution in [3.63, 3.8) is 0 Å². The van der Waals surface area contributed by atoms with Gasteiger partial charge in [0, 0.05) is 6.54 Å². The van der Waals surface area contributed by atoms with E-state index in [1.807, 2.05) is 0 Å². The van der Waals surface area contributed by atoms with Gasteiger partial charge < -0.3 is 5.32 Å². The number of fused-ring (bicyclic) bond motifs is 1. The topological polar surface area (TPSA) is 76.4 Å². The molecule has 0 saturated heterocycles. The Morgan fingerprint density at radius 1 is 1.00 bits per heavy atom. The molecule has 0 radical (unpaired) electrons. The standard InChI is InChI=1S/C20H24N4O2S/c25-27(26,17-9-5-2-6-10-17)18-11-12-19-22-20(23-24(19)15-18)21-14-13-16-7-3-1-4-8-16/h2,5-6,9-12,15-16H,1,3-4,7-8,13-14H2,(H,21,23). The average Bonchev–Trinajstić information content (AvgIpc) is 3.11. The van der Waals surface area contributed by atoms with Gasteiger partial charge in [-0.3, -0.25) is 0 Å². The quantitative estimate of drug-likeness (QED) is 0.696. The van der Waals surface area contributed by atoms with Crippen molar-refractivity contribution in [2.75, 3.05) is 11.9 Å². The Morgan fingerprint density at radius 2 is 1.78 bits per heavy atom. The zero-order chi connectivity index (χ0) is 18.7. The van der Waals surface area contributed by atoms with Gasteiger partial charge in [-0.2, -0.15) is 4.98 Å². The van der Waals surface area contributed by atoms with Gasteiger partial charge in [0.05, 0.1) is 16.0 Å². The van der Waals surface area contributed by atoms with Crippen LogP contribution < -0.4 is 5.32 Å². The fourth-order valence-corrected chi connectivity index (χ4v) is 4.97. The van der Waals surface area contributed by atoms with Crippen molar-refractivity contribution < 1.29 is 8.42 Å². The SMILES string of the molecule is O=S(=O)(c1ccccc1)c1ccc2nc(NCCC3CCCCC3)nn2c1. The van der Waals surface area contributed by atoms with E-state index >= 15 is 0 Å². The lowest BCUT2D eigenvalue weighted by Gasteiger charge is -2.21. The second-order valence-corrected chi connectivity index (χ2v) is 9.09. The highest BCUT2D eigenvalue weighted by atomic mass is 32.2. The maximum atomic E-state index is 12.8. The predicted octanol–water partition coefficient (Wildman–Crippen LogP) is 3.94.